The molecule has 3 aromatic rings. The first-order valence-electron chi connectivity index (χ1n) is 10.4. The third-order valence-corrected chi connectivity index (χ3v) is 6.00. The number of ether oxygens (including phenoxy) is 1. The molecule has 0 saturated carbocycles. The molecular weight excluding hydrogens is 425 g/mol. The summed E-state index contributed by atoms with van der Waals surface area (Å²) in [6.07, 6.45) is -0.766. The summed E-state index contributed by atoms with van der Waals surface area (Å²) in [5.41, 5.74) is 3.17. The average molecular weight is 448 g/mol. The number of halogens is 3. The van der Waals surface area contributed by atoms with Crippen molar-refractivity contribution in [1.29, 1.82) is 0 Å². The largest absolute Gasteiger partial charge is 0.395 e. The van der Waals surface area contributed by atoms with Crippen LogP contribution in [0, 0.1) is 19.8 Å². The summed E-state index contributed by atoms with van der Waals surface area (Å²) in [5.74, 6) is -0.558. The van der Waals surface area contributed by atoms with E-state index < -0.39 is 12.1 Å². The van der Waals surface area contributed by atoms with E-state index in [1.807, 2.05) is 32.0 Å². The number of hydrogen-bond donors (Lipinski definition) is 0. The van der Waals surface area contributed by atoms with E-state index in [1.54, 1.807) is 15.8 Å². The Bertz CT molecular complexity index is 1160. The summed E-state index contributed by atoms with van der Waals surface area (Å²) in [5, 5.41) is 4.20. The summed E-state index contributed by atoms with van der Waals surface area (Å²) in [6.45, 7) is 4.88. The van der Waals surface area contributed by atoms with Crippen LogP contribution < -0.4 is 9.80 Å². The van der Waals surface area contributed by atoms with Crippen molar-refractivity contribution < 1.29 is 17.9 Å². The molecule has 0 spiro atoms. The van der Waals surface area contributed by atoms with Gasteiger partial charge in [0.1, 0.15) is 6.10 Å². The monoisotopic (exact) mass is 448 g/mol. The molecule has 2 aliphatic heterocycles. The van der Waals surface area contributed by atoms with Gasteiger partial charge in [0, 0.05) is 38.4 Å². The first kappa shape index (κ1) is 20.9. The number of anilines is 2. The minimum absolute atomic E-state index is 0.148. The number of nitrogens with zero attached hydrogens (tertiary/aromatic N) is 8. The average Bonchev–Trinajstić information content (AvgIpc) is 3.13. The van der Waals surface area contributed by atoms with Crippen LogP contribution in [0.3, 0.4) is 0 Å². The Morgan fingerprint density at radius 2 is 1.75 bits per heavy atom. The van der Waals surface area contributed by atoms with E-state index in [0.29, 0.717) is 48.3 Å². The second-order valence-electron chi connectivity index (χ2n) is 8.31. The number of rotatable bonds is 3. The van der Waals surface area contributed by atoms with Gasteiger partial charge in [0.2, 0.25) is 5.95 Å². The standard InChI is InChI=1S/C20H23F3N8O/c1-11-12(2)26-17-16(25-11)18(31-8-14(9-31)20(21,22)23)28-19(27-17)30-4-5-32-15(10-30)13-6-24-29(3)7-13/h6-7,14-15H,4-5,8-10H2,1-3H3/t15-/m0/s1. The third kappa shape index (κ3) is 3.72. The SMILES string of the molecule is Cc1nc2nc(N3CCO[C@H](c4cnn(C)c4)C3)nc(N3CC(C(F)(F)F)C3)c2nc1C. The van der Waals surface area contributed by atoms with Gasteiger partial charge in [-0.05, 0) is 13.8 Å². The Kier molecular flexibility index (Phi) is 4.91. The molecule has 9 nitrogen and oxygen atoms in total. The smallest absolute Gasteiger partial charge is 0.370 e. The van der Waals surface area contributed by atoms with Gasteiger partial charge < -0.3 is 14.5 Å². The first-order chi connectivity index (χ1) is 15.2. The molecule has 0 aromatic carbocycles. The summed E-state index contributed by atoms with van der Waals surface area (Å²) >= 11 is 0. The molecule has 12 heteroatoms. The molecule has 0 N–H and O–H groups in total. The lowest BCUT2D eigenvalue weighted by atomic mass is 9.99. The molecule has 3 aromatic heterocycles. The van der Waals surface area contributed by atoms with Crippen LogP contribution in [0.2, 0.25) is 0 Å². The lowest BCUT2D eigenvalue weighted by Gasteiger charge is -2.41. The molecule has 2 saturated heterocycles. The first-order valence-corrected chi connectivity index (χ1v) is 10.4. The quantitative estimate of drug-likeness (QED) is 0.604. The summed E-state index contributed by atoms with van der Waals surface area (Å²) < 4.78 is 46.9. The van der Waals surface area contributed by atoms with Crippen LogP contribution in [-0.2, 0) is 11.8 Å². The lowest BCUT2D eigenvalue weighted by Crippen LogP contribution is -2.54. The molecule has 170 valence electrons. The highest BCUT2D eigenvalue weighted by Crippen LogP contribution is 2.38. The highest BCUT2D eigenvalue weighted by molar-refractivity contribution is 5.85. The van der Waals surface area contributed by atoms with E-state index >= 15 is 0 Å². The zero-order valence-electron chi connectivity index (χ0n) is 18.0. The topological polar surface area (TPSA) is 85.1 Å². The maximum absolute atomic E-state index is 13.1. The molecule has 5 rings (SSSR count). The number of aryl methyl sites for hydroxylation is 3. The molecule has 0 unspecified atom stereocenters. The number of hydrogen-bond acceptors (Lipinski definition) is 8. The lowest BCUT2D eigenvalue weighted by molar-refractivity contribution is -0.180. The van der Waals surface area contributed by atoms with Crippen molar-refractivity contribution in [2.24, 2.45) is 13.0 Å². The maximum Gasteiger partial charge on any atom is 0.395 e. The van der Waals surface area contributed by atoms with Crippen LogP contribution in [0.25, 0.3) is 11.2 Å². The minimum atomic E-state index is -4.22. The number of fused-ring (bicyclic) bond motifs is 1. The van der Waals surface area contributed by atoms with Gasteiger partial charge in [-0.1, -0.05) is 0 Å². The van der Waals surface area contributed by atoms with Crippen LogP contribution in [0.4, 0.5) is 24.9 Å². The number of alkyl halides is 3. The molecule has 5 heterocycles. The van der Waals surface area contributed by atoms with E-state index in [4.69, 9.17) is 4.74 Å². The van der Waals surface area contributed by atoms with Crippen LogP contribution in [0.15, 0.2) is 12.4 Å². The van der Waals surface area contributed by atoms with Gasteiger partial charge in [-0.15, -0.1) is 0 Å². The van der Waals surface area contributed by atoms with Gasteiger partial charge in [0.05, 0.1) is 36.7 Å². The summed E-state index contributed by atoms with van der Waals surface area (Å²) in [6, 6.07) is 0. The fraction of sp³-hybridized carbons (Fsp3) is 0.550. The molecule has 2 fully saturated rings. The van der Waals surface area contributed by atoms with Gasteiger partial charge >= 0.3 is 6.18 Å². The Labute approximate surface area is 182 Å². The predicted molar refractivity (Wildman–Crippen MR) is 110 cm³/mol. The maximum atomic E-state index is 13.1. The van der Waals surface area contributed by atoms with Crippen molar-refractivity contribution in [3.8, 4) is 0 Å². The van der Waals surface area contributed by atoms with Crippen LogP contribution in [-0.4, -0.2) is 68.7 Å². The molecular formula is C20H23F3N8O. The van der Waals surface area contributed by atoms with Crippen LogP contribution in [0.1, 0.15) is 23.1 Å². The Morgan fingerprint density at radius 3 is 2.44 bits per heavy atom. The molecule has 2 aliphatic rings. The Morgan fingerprint density at radius 1 is 1.00 bits per heavy atom. The molecule has 32 heavy (non-hydrogen) atoms. The van der Waals surface area contributed by atoms with Crippen LogP contribution in [0.5, 0.6) is 0 Å². The summed E-state index contributed by atoms with van der Waals surface area (Å²) in [7, 11) is 1.84. The Hall–Kier alpha value is -3.02. The number of morpholine rings is 1. The molecule has 0 bridgehead atoms. The highest BCUT2D eigenvalue weighted by atomic mass is 19.4. The van der Waals surface area contributed by atoms with E-state index in [2.05, 4.69) is 25.0 Å². The third-order valence-electron chi connectivity index (χ3n) is 6.00. The van der Waals surface area contributed by atoms with E-state index in [9.17, 15) is 13.2 Å². The van der Waals surface area contributed by atoms with Crippen molar-refractivity contribution in [2.75, 3.05) is 42.6 Å². The molecule has 1 atom stereocenters. The summed E-state index contributed by atoms with van der Waals surface area (Å²) in [4.78, 5) is 22.0. The van der Waals surface area contributed by atoms with Gasteiger partial charge in [-0.2, -0.15) is 28.2 Å². The van der Waals surface area contributed by atoms with Gasteiger partial charge in [-0.3, -0.25) is 4.68 Å². The van der Waals surface area contributed by atoms with Crippen molar-refractivity contribution in [1.82, 2.24) is 29.7 Å². The van der Waals surface area contributed by atoms with Crippen molar-refractivity contribution >= 4 is 22.9 Å². The van der Waals surface area contributed by atoms with Gasteiger partial charge in [-0.25, -0.2) is 9.97 Å². The molecule has 0 radical (unpaired) electrons. The minimum Gasteiger partial charge on any atom is -0.370 e. The predicted octanol–water partition coefficient (Wildman–Crippen LogP) is 2.35. The van der Waals surface area contributed by atoms with Gasteiger partial charge in [0.15, 0.2) is 17.0 Å². The van der Waals surface area contributed by atoms with E-state index in [-0.39, 0.29) is 19.2 Å². The normalized spacial score (nSPS) is 20.1. The molecule has 0 amide bonds. The number of aromatic nitrogens is 6. The Balaban J connectivity index is 1.50. The highest BCUT2D eigenvalue weighted by Gasteiger charge is 2.48. The van der Waals surface area contributed by atoms with E-state index in [0.717, 1.165) is 11.3 Å². The second-order valence-corrected chi connectivity index (χ2v) is 8.31. The fourth-order valence-electron chi connectivity index (χ4n) is 3.95. The van der Waals surface area contributed by atoms with E-state index in [1.165, 1.54) is 0 Å². The second kappa shape index (κ2) is 7.54. The van der Waals surface area contributed by atoms with Crippen molar-refractivity contribution in [3.05, 3.63) is 29.3 Å². The van der Waals surface area contributed by atoms with Crippen molar-refractivity contribution in [3.63, 3.8) is 0 Å². The van der Waals surface area contributed by atoms with Gasteiger partial charge in [0.25, 0.3) is 0 Å². The zero-order valence-corrected chi connectivity index (χ0v) is 18.0. The zero-order chi connectivity index (χ0) is 22.6. The fourth-order valence-corrected chi connectivity index (χ4v) is 3.95. The van der Waals surface area contributed by atoms with Crippen molar-refractivity contribution in [2.45, 2.75) is 26.1 Å². The molecule has 0 aliphatic carbocycles. The van der Waals surface area contributed by atoms with Crippen LogP contribution >= 0.6 is 0 Å².